The number of Topliss-reactive ketones (excluding diaryl/α,β-unsaturated/α-hetero) is 1. The molecule has 4 saturated carbocycles. The number of fused-ring (bicyclic) bond motifs is 5. The van der Waals surface area contributed by atoms with Gasteiger partial charge in [0.1, 0.15) is 5.78 Å². The maximum absolute atomic E-state index is 13.2. The maximum Gasteiger partial charge on any atom is 0.136 e. The highest BCUT2D eigenvalue weighted by Crippen LogP contribution is 2.67. The zero-order chi connectivity index (χ0) is 21.0. The lowest BCUT2D eigenvalue weighted by Crippen LogP contribution is -2.57. The van der Waals surface area contributed by atoms with Crippen LogP contribution in [0.3, 0.4) is 0 Å². The van der Waals surface area contributed by atoms with E-state index in [0.717, 1.165) is 49.4 Å². The van der Waals surface area contributed by atoms with Crippen molar-refractivity contribution in [2.45, 2.75) is 111 Å². The van der Waals surface area contributed by atoms with Gasteiger partial charge in [-0.25, -0.2) is 0 Å². The standard InChI is InChI=1S/C27H46O2/c1-17(2)7-6-8-18(3)21-9-10-22-20-16-25(29)24-15-19(28)11-13-27(24,5)23(20)12-14-26(21,22)4/h17-24,28H,6-16H2,1-5H3/t18?,19-,20?,21?,22?,23?,24+,26+,27+/m0/s1. The van der Waals surface area contributed by atoms with Gasteiger partial charge in [0.05, 0.1) is 6.10 Å². The van der Waals surface area contributed by atoms with Crippen molar-refractivity contribution in [1.29, 1.82) is 0 Å². The zero-order valence-electron chi connectivity index (χ0n) is 19.8. The van der Waals surface area contributed by atoms with Gasteiger partial charge < -0.3 is 5.11 Å². The summed E-state index contributed by atoms with van der Waals surface area (Å²) in [6.45, 7) is 12.2. The smallest absolute Gasteiger partial charge is 0.136 e. The monoisotopic (exact) mass is 402 g/mol. The molecule has 4 aliphatic carbocycles. The number of aliphatic hydroxyl groups excluding tert-OH is 1. The van der Waals surface area contributed by atoms with Crippen LogP contribution in [0.15, 0.2) is 0 Å². The van der Waals surface area contributed by atoms with E-state index in [1.165, 1.54) is 44.9 Å². The van der Waals surface area contributed by atoms with Gasteiger partial charge in [0.2, 0.25) is 0 Å². The van der Waals surface area contributed by atoms with Gasteiger partial charge in [0, 0.05) is 12.3 Å². The topological polar surface area (TPSA) is 37.3 Å². The Hall–Kier alpha value is -0.370. The van der Waals surface area contributed by atoms with Gasteiger partial charge in [-0.2, -0.15) is 0 Å². The van der Waals surface area contributed by atoms with Gasteiger partial charge in [-0.05, 0) is 91.3 Å². The number of hydrogen-bond donors (Lipinski definition) is 1. The summed E-state index contributed by atoms with van der Waals surface area (Å²) in [4.78, 5) is 13.2. The Balaban J connectivity index is 1.50. The molecule has 0 radical (unpaired) electrons. The van der Waals surface area contributed by atoms with Crippen LogP contribution >= 0.6 is 0 Å². The van der Waals surface area contributed by atoms with Crippen LogP contribution in [0, 0.1) is 52.3 Å². The van der Waals surface area contributed by atoms with E-state index >= 15 is 0 Å². The van der Waals surface area contributed by atoms with Gasteiger partial charge in [-0.15, -0.1) is 0 Å². The molecular formula is C27H46O2. The van der Waals surface area contributed by atoms with Crippen LogP contribution in [0.2, 0.25) is 0 Å². The zero-order valence-corrected chi connectivity index (χ0v) is 19.8. The molecule has 2 heteroatoms. The number of hydrogen-bond acceptors (Lipinski definition) is 2. The van der Waals surface area contributed by atoms with Crippen LogP contribution in [0.4, 0.5) is 0 Å². The summed E-state index contributed by atoms with van der Waals surface area (Å²) in [6, 6.07) is 0. The molecule has 2 nitrogen and oxygen atoms in total. The molecular weight excluding hydrogens is 356 g/mol. The molecule has 0 aromatic carbocycles. The summed E-state index contributed by atoms with van der Waals surface area (Å²) in [5.41, 5.74) is 0.609. The molecule has 0 aromatic heterocycles. The third-order valence-corrected chi connectivity index (χ3v) is 10.6. The van der Waals surface area contributed by atoms with Crippen LogP contribution in [0.25, 0.3) is 0 Å². The molecule has 9 atom stereocenters. The molecule has 29 heavy (non-hydrogen) atoms. The Bertz CT molecular complexity index is 612. The van der Waals surface area contributed by atoms with Crippen molar-refractivity contribution < 1.29 is 9.90 Å². The first-order valence-corrected chi connectivity index (χ1v) is 12.9. The number of ketones is 1. The van der Waals surface area contributed by atoms with Crippen LogP contribution < -0.4 is 0 Å². The molecule has 0 heterocycles. The lowest BCUT2D eigenvalue weighted by atomic mass is 9.44. The Morgan fingerprint density at radius 3 is 2.38 bits per heavy atom. The van der Waals surface area contributed by atoms with E-state index in [2.05, 4.69) is 34.6 Å². The fourth-order valence-corrected chi connectivity index (χ4v) is 9.04. The quantitative estimate of drug-likeness (QED) is 0.559. The summed E-state index contributed by atoms with van der Waals surface area (Å²) >= 11 is 0. The molecule has 0 bridgehead atoms. The second-order valence-corrected chi connectivity index (χ2v) is 12.6. The first-order chi connectivity index (χ1) is 13.7. The Morgan fingerprint density at radius 2 is 1.66 bits per heavy atom. The lowest BCUT2D eigenvalue weighted by Gasteiger charge is -2.60. The second kappa shape index (κ2) is 7.95. The summed E-state index contributed by atoms with van der Waals surface area (Å²) in [7, 11) is 0. The summed E-state index contributed by atoms with van der Waals surface area (Å²) in [6.07, 6.45) is 12.8. The Labute approximate surface area is 179 Å². The minimum absolute atomic E-state index is 0.129. The molecule has 0 aromatic rings. The van der Waals surface area contributed by atoms with E-state index in [1.807, 2.05) is 0 Å². The van der Waals surface area contributed by atoms with Crippen molar-refractivity contribution in [3.8, 4) is 0 Å². The number of carbonyl (C=O) groups is 1. The summed E-state index contributed by atoms with van der Waals surface area (Å²) in [5.74, 6) is 5.21. The highest BCUT2D eigenvalue weighted by molar-refractivity contribution is 5.83. The number of aliphatic hydroxyl groups is 1. The van der Waals surface area contributed by atoms with Crippen LogP contribution in [-0.2, 0) is 4.79 Å². The van der Waals surface area contributed by atoms with Crippen LogP contribution in [0.5, 0.6) is 0 Å². The van der Waals surface area contributed by atoms with Crippen molar-refractivity contribution in [2.24, 2.45) is 52.3 Å². The molecule has 4 fully saturated rings. The molecule has 0 aliphatic heterocycles. The van der Waals surface area contributed by atoms with E-state index < -0.39 is 0 Å². The molecule has 0 amide bonds. The molecule has 4 rings (SSSR count). The Morgan fingerprint density at radius 1 is 0.966 bits per heavy atom. The molecule has 5 unspecified atom stereocenters. The average molecular weight is 403 g/mol. The Kier molecular flexibility index (Phi) is 5.99. The van der Waals surface area contributed by atoms with Gasteiger partial charge in [0.25, 0.3) is 0 Å². The fraction of sp³-hybridized carbons (Fsp3) is 0.963. The largest absolute Gasteiger partial charge is 0.393 e. The van der Waals surface area contributed by atoms with E-state index in [-0.39, 0.29) is 17.4 Å². The number of rotatable bonds is 5. The van der Waals surface area contributed by atoms with Crippen molar-refractivity contribution in [3.63, 3.8) is 0 Å². The van der Waals surface area contributed by atoms with Gasteiger partial charge in [0.15, 0.2) is 0 Å². The first-order valence-electron chi connectivity index (χ1n) is 12.9. The normalized spacial score (nSPS) is 48.2. The predicted octanol–water partition coefficient (Wildman–Crippen LogP) is 6.65. The third kappa shape index (κ3) is 3.64. The van der Waals surface area contributed by atoms with Crippen molar-refractivity contribution >= 4 is 5.78 Å². The first kappa shape index (κ1) is 21.8. The number of carbonyl (C=O) groups excluding carboxylic acids is 1. The van der Waals surface area contributed by atoms with E-state index in [0.29, 0.717) is 23.0 Å². The second-order valence-electron chi connectivity index (χ2n) is 12.6. The van der Waals surface area contributed by atoms with E-state index in [9.17, 15) is 9.90 Å². The SMILES string of the molecule is CC(C)CCCC(C)C1CCC2C3CC(=O)[C@H]4C[C@@H](O)CC[C@]4(C)C3CC[C@]12C. The van der Waals surface area contributed by atoms with Crippen molar-refractivity contribution in [2.75, 3.05) is 0 Å². The molecule has 166 valence electrons. The van der Waals surface area contributed by atoms with Crippen LogP contribution in [-0.4, -0.2) is 17.0 Å². The maximum atomic E-state index is 13.2. The summed E-state index contributed by atoms with van der Waals surface area (Å²) < 4.78 is 0. The predicted molar refractivity (Wildman–Crippen MR) is 119 cm³/mol. The van der Waals surface area contributed by atoms with Crippen molar-refractivity contribution in [3.05, 3.63) is 0 Å². The molecule has 1 N–H and O–H groups in total. The highest BCUT2D eigenvalue weighted by Gasteiger charge is 2.62. The minimum Gasteiger partial charge on any atom is -0.393 e. The molecule has 4 aliphatic rings. The third-order valence-electron chi connectivity index (χ3n) is 10.6. The van der Waals surface area contributed by atoms with E-state index in [4.69, 9.17) is 0 Å². The lowest BCUT2D eigenvalue weighted by molar-refractivity contribution is -0.160. The fourth-order valence-electron chi connectivity index (χ4n) is 9.04. The summed E-state index contributed by atoms with van der Waals surface area (Å²) in [5, 5.41) is 10.2. The van der Waals surface area contributed by atoms with Crippen molar-refractivity contribution in [1.82, 2.24) is 0 Å². The van der Waals surface area contributed by atoms with Gasteiger partial charge in [-0.1, -0.05) is 53.9 Å². The molecule has 0 spiro atoms. The van der Waals surface area contributed by atoms with Gasteiger partial charge in [-0.3, -0.25) is 4.79 Å². The van der Waals surface area contributed by atoms with Crippen LogP contribution in [0.1, 0.15) is 105 Å². The molecule has 0 saturated heterocycles. The van der Waals surface area contributed by atoms with Gasteiger partial charge >= 0.3 is 0 Å². The highest BCUT2D eigenvalue weighted by atomic mass is 16.3. The van der Waals surface area contributed by atoms with E-state index in [1.54, 1.807) is 0 Å². The minimum atomic E-state index is -0.245. The average Bonchev–Trinajstić information content (AvgIpc) is 3.00.